The number of methoxy groups -OCH3 is 1. The van der Waals surface area contributed by atoms with Gasteiger partial charge in [0.05, 0.1) is 30.3 Å². The maximum Gasteiger partial charge on any atom is 0.417 e. The number of hydrogen-bond acceptors (Lipinski definition) is 9. The van der Waals surface area contributed by atoms with Crippen molar-refractivity contribution in [3.05, 3.63) is 47.5 Å². The molecule has 0 bridgehead atoms. The molecule has 0 atom stereocenters. The van der Waals surface area contributed by atoms with Crippen molar-refractivity contribution >= 4 is 29.3 Å². The van der Waals surface area contributed by atoms with Gasteiger partial charge in [0.15, 0.2) is 5.82 Å². The topological polar surface area (TPSA) is 105 Å². The minimum atomic E-state index is -0.736. The van der Waals surface area contributed by atoms with Gasteiger partial charge in [0.1, 0.15) is 17.0 Å². The molecule has 1 fully saturated rings. The van der Waals surface area contributed by atoms with Gasteiger partial charge in [0, 0.05) is 57.6 Å². The molecular formula is C29H36FN7O4. The number of imide groups is 1. The second-order valence-electron chi connectivity index (χ2n) is 11.3. The van der Waals surface area contributed by atoms with Gasteiger partial charge in [-0.3, -0.25) is 4.79 Å². The first kappa shape index (κ1) is 28.3. The van der Waals surface area contributed by atoms with Crippen molar-refractivity contribution < 1.29 is 23.5 Å². The fourth-order valence-electron chi connectivity index (χ4n) is 5.10. The third-order valence-corrected chi connectivity index (χ3v) is 7.30. The van der Waals surface area contributed by atoms with E-state index in [2.05, 4.69) is 32.1 Å². The van der Waals surface area contributed by atoms with E-state index in [-0.39, 0.29) is 18.2 Å². The Morgan fingerprint density at radius 3 is 2.49 bits per heavy atom. The molecule has 2 aliphatic rings. The van der Waals surface area contributed by atoms with Gasteiger partial charge >= 0.3 is 6.09 Å². The average molecular weight is 566 g/mol. The molecule has 0 spiro atoms. The van der Waals surface area contributed by atoms with E-state index in [0.29, 0.717) is 34.8 Å². The van der Waals surface area contributed by atoms with E-state index in [9.17, 15) is 9.59 Å². The lowest BCUT2D eigenvalue weighted by Gasteiger charge is -2.34. The molecule has 2 aliphatic heterocycles. The summed E-state index contributed by atoms with van der Waals surface area (Å²) in [5.74, 6) is -0.348. The number of benzene rings is 1. The fourth-order valence-corrected chi connectivity index (χ4v) is 5.10. The predicted octanol–water partition coefficient (Wildman–Crippen LogP) is 4.06. The quantitative estimate of drug-likeness (QED) is 0.490. The normalized spacial score (nSPS) is 16.0. The number of anilines is 3. The minimum Gasteiger partial charge on any atom is -0.495 e. The van der Waals surface area contributed by atoms with E-state index in [4.69, 9.17) is 9.47 Å². The largest absolute Gasteiger partial charge is 0.495 e. The molecule has 0 unspecified atom stereocenters. The lowest BCUT2D eigenvalue weighted by molar-refractivity contribution is 0.0232. The number of nitrogens with one attached hydrogen (secondary N) is 1. The Labute approximate surface area is 238 Å². The van der Waals surface area contributed by atoms with Crippen LogP contribution in [-0.4, -0.2) is 88.8 Å². The van der Waals surface area contributed by atoms with Crippen LogP contribution in [0, 0.1) is 5.82 Å². The van der Waals surface area contributed by atoms with Gasteiger partial charge in [-0.25, -0.2) is 24.1 Å². The molecule has 2 aromatic heterocycles. The van der Waals surface area contributed by atoms with Crippen LogP contribution in [0.2, 0.25) is 0 Å². The van der Waals surface area contributed by atoms with Crippen molar-refractivity contribution in [1.82, 2.24) is 24.3 Å². The Bertz CT molecular complexity index is 1470. The second kappa shape index (κ2) is 11.0. The number of carbonyl (C=O) groups is 2. The predicted molar refractivity (Wildman–Crippen MR) is 153 cm³/mol. The zero-order chi connectivity index (χ0) is 29.5. The van der Waals surface area contributed by atoms with Crippen LogP contribution in [0.15, 0.2) is 30.5 Å². The van der Waals surface area contributed by atoms with Crippen LogP contribution < -0.4 is 15.0 Å². The molecule has 218 valence electrons. The summed E-state index contributed by atoms with van der Waals surface area (Å²) in [6.45, 7) is 9.15. The molecule has 41 heavy (non-hydrogen) atoms. The Morgan fingerprint density at radius 1 is 1.07 bits per heavy atom. The fraction of sp³-hybridized carbons (Fsp3) is 0.448. The van der Waals surface area contributed by atoms with E-state index >= 15 is 4.39 Å². The highest BCUT2D eigenvalue weighted by atomic mass is 19.1. The zero-order valence-electron chi connectivity index (χ0n) is 24.3. The lowest BCUT2D eigenvalue weighted by Crippen LogP contribution is -2.44. The number of amides is 2. The van der Waals surface area contributed by atoms with Crippen LogP contribution in [0.3, 0.4) is 0 Å². The van der Waals surface area contributed by atoms with Gasteiger partial charge in [0.2, 0.25) is 5.95 Å². The lowest BCUT2D eigenvalue weighted by atomic mass is 10.1. The SMILES string of the molecule is COc1ccc(N2CCN(C)CC2)cc1Nc1ncc(F)c(-c2cc3c(n2C)CCN(C(=O)OC(C)(C)C)C3=O)n1. The van der Waals surface area contributed by atoms with Gasteiger partial charge in [-0.15, -0.1) is 0 Å². The molecule has 11 nitrogen and oxygen atoms in total. The number of hydrogen-bond donors (Lipinski definition) is 1. The molecule has 12 heteroatoms. The Kier molecular flexibility index (Phi) is 7.60. The Hall–Kier alpha value is -4.19. The molecule has 2 amide bonds. The smallest absolute Gasteiger partial charge is 0.417 e. The van der Waals surface area contributed by atoms with Gasteiger partial charge < -0.3 is 29.2 Å². The first-order valence-corrected chi connectivity index (χ1v) is 13.6. The van der Waals surface area contributed by atoms with Crippen molar-refractivity contribution in [1.29, 1.82) is 0 Å². The monoisotopic (exact) mass is 565 g/mol. The summed E-state index contributed by atoms with van der Waals surface area (Å²) in [4.78, 5) is 40.2. The number of nitrogens with zero attached hydrogens (tertiary/aromatic N) is 6. The van der Waals surface area contributed by atoms with E-state index in [0.717, 1.165) is 43.0 Å². The number of carbonyl (C=O) groups excluding carboxylic acids is 2. The number of piperazine rings is 1. The Morgan fingerprint density at radius 2 is 1.80 bits per heavy atom. The van der Waals surface area contributed by atoms with E-state index in [1.807, 2.05) is 18.2 Å². The van der Waals surface area contributed by atoms with Crippen molar-refractivity contribution in [3.8, 4) is 17.1 Å². The third kappa shape index (κ3) is 5.83. The van der Waals surface area contributed by atoms with Crippen molar-refractivity contribution in [3.63, 3.8) is 0 Å². The zero-order valence-corrected chi connectivity index (χ0v) is 24.3. The summed E-state index contributed by atoms with van der Waals surface area (Å²) in [7, 11) is 5.44. The maximum atomic E-state index is 15.1. The van der Waals surface area contributed by atoms with Gasteiger partial charge in [0.25, 0.3) is 5.91 Å². The summed E-state index contributed by atoms with van der Waals surface area (Å²) >= 11 is 0. The number of ether oxygens (including phenoxy) is 2. The van der Waals surface area contributed by atoms with E-state index in [1.54, 1.807) is 45.6 Å². The van der Waals surface area contributed by atoms with Crippen LogP contribution in [0.5, 0.6) is 5.75 Å². The standard InChI is InChI=1S/C29H36FN7O4/c1-29(2,3)41-28(39)37-10-9-22-19(26(37)38)16-23(35(22)5)25-20(30)17-31-27(33-25)32-21-15-18(7-8-24(21)40-6)36-13-11-34(4)12-14-36/h7-8,15-17H,9-14H2,1-6H3,(H,31,32,33). The van der Waals surface area contributed by atoms with E-state index < -0.39 is 23.4 Å². The average Bonchev–Trinajstić information content (AvgIpc) is 3.26. The highest BCUT2D eigenvalue weighted by Crippen LogP contribution is 2.34. The van der Waals surface area contributed by atoms with Crippen LogP contribution in [0.1, 0.15) is 36.8 Å². The molecule has 0 saturated carbocycles. The molecular weight excluding hydrogens is 529 g/mol. The summed E-state index contributed by atoms with van der Waals surface area (Å²) in [5, 5.41) is 3.19. The molecule has 0 radical (unpaired) electrons. The van der Waals surface area contributed by atoms with Gasteiger partial charge in [-0.1, -0.05) is 0 Å². The summed E-state index contributed by atoms with van der Waals surface area (Å²) in [6.07, 6.45) is 0.804. The van der Waals surface area contributed by atoms with Crippen LogP contribution in [-0.2, 0) is 18.2 Å². The van der Waals surface area contributed by atoms with Gasteiger partial charge in [-0.05, 0) is 52.1 Å². The molecule has 3 aromatic rings. The third-order valence-electron chi connectivity index (χ3n) is 7.30. The number of rotatable bonds is 5. The Balaban J connectivity index is 1.43. The number of likely N-dealkylation sites (N-methyl/N-ethyl adjacent to an activating group) is 1. The number of halogens is 1. The summed E-state index contributed by atoms with van der Waals surface area (Å²) in [6, 6.07) is 7.44. The molecule has 1 saturated heterocycles. The molecule has 5 rings (SSSR count). The first-order valence-electron chi connectivity index (χ1n) is 13.6. The van der Waals surface area contributed by atoms with Crippen LogP contribution in [0.4, 0.5) is 26.5 Å². The van der Waals surface area contributed by atoms with Crippen LogP contribution in [0.25, 0.3) is 11.4 Å². The van der Waals surface area contributed by atoms with Gasteiger partial charge in [-0.2, -0.15) is 0 Å². The minimum absolute atomic E-state index is 0.0326. The first-order chi connectivity index (χ1) is 19.4. The van der Waals surface area contributed by atoms with Crippen LogP contribution >= 0.6 is 0 Å². The molecule has 4 heterocycles. The molecule has 0 aliphatic carbocycles. The second-order valence-corrected chi connectivity index (χ2v) is 11.3. The van der Waals surface area contributed by atoms with Crippen molar-refractivity contribution in [2.24, 2.45) is 7.05 Å². The summed E-state index contributed by atoms with van der Waals surface area (Å²) in [5.41, 5.74) is 2.38. The molecule has 1 aromatic carbocycles. The maximum absolute atomic E-state index is 15.1. The highest BCUT2D eigenvalue weighted by molar-refractivity contribution is 6.05. The van der Waals surface area contributed by atoms with Crippen molar-refractivity contribution in [2.75, 3.05) is 57.1 Å². The summed E-state index contributed by atoms with van der Waals surface area (Å²) < 4.78 is 27.8. The number of fused-ring (bicyclic) bond motifs is 1. The highest BCUT2D eigenvalue weighted by Gasteiger charge is 2.35. The number of aromatic nitrogens is 3. The van der Waals surface area contributed by atoms with E-state index in [1.165, 1.54) is 0 Å². The van der Waals surface area contributed by atoms with Crippen molar-refractivity contribution in [2.45, 2.75) is 32.8 Å². The molecule has 1 N–H and O–H groups in total.